The van der Waals surface area contributed by atoms with Crippen LogP contribution in [0.15, 0.2) is 54.6 Å². The van der Waals surface area contributed by atoms with E-state index >= 15 is 0 Å². The number of nitriles is 1. The number of hydrogen-bond donors (Lipinski definition) is 1. The minimum atomic E-state index is -0.287. The quantitative estimate of drug-likeness (QED) is 0.890. The molecular formula is C18H18N2O2. The third-order valence-corrected chi connectivity index (χ3v) is 3.20. The molecule has 1 atom stereocenters. The molecule has 4 heteroatoms. The zero-order chi connectivity index (χ0) is 15.8. The van der Waals surface area contributed by atoms with Gasteiger partial charge in [-0.1, -0.05) is 42.5 Å². The number of ether oxygens (including phenoxy) is 1. The van der Waals surface area contributed by atoms with Crippen molar-refractivity contribution in [3.05, 3.63) is 65.7 Å². The van der Waals surface area contributed by atoms with Gasteiger partial charge in [0.1, 0.15) is 12.2 Å². The number of hydrogen-bond acceptors (Lipinski definition) is 3. The molecule has 0 bridgehead atoms. The molecule has 0 aliphatic carbocycles. The molecule has 0 saturated carbocycles. The van der Waals surface area contributed by atoms with Crippen LogP contribution in [0, 0.1) is 11.3 Å². The monoisotopic (exact) mass is 294 g/mol. The molecule has 112 valence electrons. The van der Waals surface area contributed by atoms with Crippen molar-refractivity contribution in [3.8, 4) is 11.8 Å². The summed E-state index contributed by atoms with van der Waals surface area (Å²) in [6, 6.07) is 18.9. The molecule has 22 heavy (non-hydrogen) atoms. The predicted octanol–water partition coefficient (Wildman–Crippen LogP) is 3.20. The fourth-order valence-corrected chi connectivity index (χ4v) is 2.21. The number of amides is 1. The molecule has 0 aromatic heterocycles. The molecule has 0 saturated heterocycles. The number of carbonyl (C=O) groups is 1. The Kier molecular flexibility index (Phi) is 5.56. The van der Waals surface area contributed by atoms with E-state index in [1.807, 2.05) is 67.6 Å². The van der Waals surface area contributed by atoms with Gasteiger partial charge in [-0.05, 0) is 30.2 Å². The maximum Gasteiger partial charge on any atom is 0.234 e. The number of benzene rings is 2. The highest BCUT2D eigenvalue weighted by Crippen LogP contribution is 2.24. The van der Waals surface area contributed by atoms with Crippen LogP contribution in [0.3, 0.4) is 0 Å². The van der Waals surface area contributed by atoms with Crippen LogP contribution >= 0.6 is 0 Å². The second-order valence-electron chi connectivity index (χ2n) is 4.75. The Balaban J connectivity index is 2.27. The fourth-order valence-electron chi connectivity index (χ4n) is 2.21. The number of nitrogens with one attached hydrogen (secondary N) is 1. The van der Waals surface area contributed by atoms with E-state index in [0.717, 1.165) is 16.9 Å². The SMILES string of the molecule is CCOc1ccc([C@H](NC(=O)CC#N)c2ccccc2)cc1. The van der Waals surface area contributed by atoms with E-state index in [2.05, 4.69) is 5.32 Å². The van der Waals surface area contributed by atoms with Crippen LogP contribution in [-0.2, 0) is 4.79 Å². The van der Waals surface area contributed by atoms with E-state index in [4.69, 9.17) is 10.00 Å². The summed E-state index contributed by atoms with van der Waals surface area (Å²) in [5, 5.41) is 11.6. The van der Waals surface area contributed by atoms with Gasteiger partial charge in [-0.15, -0.1) is 0 Å². The van der Waals surface area contributed by atoms with Crippen LogP contribution < -0.4 is 10.1 Å². The van der Waals surface area contributed by atoms with Gasteiger partial charge >= 0.3 is 0 Å². The molecule has 0 heterocycles. The molecule has 1 amide bonds. The summed E-state index contributed by atoms with van der Waals surface area (Å²) < 4.78 is 5.44. The first-order valence-corrected chi connectivity index (χ1v) is 7.18. The first-order valence-electron chi connectivity index (χ1n) is 7.18. The summed E-state index contributed by atoms with van der Waals surface area (Å²) in [5.74, 6) is 0.506. The highest BCUT2D eigenvalue weighted by Gasteiger charge is 2.16. The van der Waals surface area contributed by atoms with Crippen molar-refractivity contribution in [1.82, 2.24) is 5.32 Å². The number of rotatable bonds is 6. The lowest BCUT2D eigenvalue weighted by Gasteiger charge is -2.19. The molecule has 0 spiro atoms. The van der Waals surface area contributed by atoms with E-state index in [0.29, 0.717) is 6.61 Å². The van der Waals surface area contributed by atoms with Crippen LogP contribution in [0.5, 0.6) is 5.75 Å². The zero-order valence-corrected chi connectivity index (χ0v) is 12.5. The molecule has 0 unspecified atom stereocenters. The maximum atomic E-state index is 11.8. The summed E-state index contributed by atoms with van der Waals surface area (Å²) in [6.07, 6.45) is -0.152. The first-order chi connectivity index (χ1) is 10.7. The van der Waals surface area contributed by atoms with Gasteiger partial charge in [0, 0.05) is 0 Å². The van der Waals surface area contributed by atoms with Crippen LogP contribution in [0.4, 0.5) is 0 Å². The predicted molar refractivity (Wildman–Crippen MR) is 84.3 cm³/mol. The first kappa shape index (κ1) is 15.6. The molecule has 2 aromatic carbocycles. The van der Waals surface area contributed by atoms with Crippen LogP contribution in [0.2, 0.25) is 0 Å². The van der Waals surface area contributed by atoms with Crippen molar-refractivity contribution in [2.75, 3.05) is 6.61 Å². The normalized spacial score (nSPS) is 11.3. The maximum absolute atomic E-state index is 11.8. The molecule has 0 radical (unpaired) electrons. The molecule has 0 aliphatic heterocycles. The van der Waals surface area contributed by atoms with Crippen LogP contribution in [-0.4, -0.2) is 12.5 Å². The number of nitrogens with zero attached hydrogens (tertiary/aromatic N) is 1. The zero-order valence-electron chi connectivity index (χ0n) is 12.5. The van der Waals surface area contributed by atoms with Crippen molar-refractivity contribution < 1.29 is 9.53 Å². The molecule has 0 fully saturated rings. The van der Waals surface area contributed by atoms with Gasteiger partial charge in [0.15, 0.2) is 0 Å². The number of carbonyl (C=O) groups excluding carboxylic acids is 1. The van der Waals surface area contributed by atoms with E-state index in [9.17, 15) is 4.79 Å². The highest BCUT2D eigenvalue weighted by molar-refractivity contribution is 5.79. The molecule has 2 aromatic rings. The van der Waals surface area contributed by atoms with Gasteiger partial charge in [0.2, 0.25) is 5.91 Å². The summed E-state index contributed by atoms with van der Waals surface area (Å²) in [5.41, 5.74) is 1.92. The summed E-state index contributed by atoms with van der Waals surface area (Å²) in [6.45, 7) is 2.54. The van der Waals surface area contributed by atoms with Gasteiger partial charge in [-0.25, -0.2) is 0 Å². The van der Waals surface area contributed by atoms with E-state index in [1.54, 1.807) is 0 Å². The van der Waals surface area contributed by atoms with Crippen LogP contribution in [0.1, 0.15) is 30.5 Å². The smallest absolute Gasteiger partial charge is 0.234 e. The topological polar surface area (TPSA) is 62.1 Å². The van der Waals surface area contributed by atoms with E-state index in [1.165, 1.54) is 0 Å². The molecule has 1 N–H and O–H groups in total. The van der Waals surface area contributed by atoms with Crippen molar-refractivity contribution in [2.45, 2.75) is 19.4 Å². The van der Waals surface area contributed by atoms with Gasteiger partial charge in [-0.3, -0.25) is 4.79 Å². The van der Waals surface area contributed by atoms with Crippen molar-refractivity contribution in [3.63, 3.8) is 0 Å². The Morgan fingerprint density at radius 2 is 1.77 bits per heavy atom. The Hall–Kier alpha value is -2.80. The lowest BCUT2D eigenvalue weighted by atomic mass is 9.98. The second-order valence-corrected chi connectivity index (χ2v) is 4.75. The Bertz CT molecular complexity index is 645. The average molecular weight is 294 g/mol. The lowest BCUT2D eigenvalue weighted by molar-refractivity contribution is -0.120. The lowest BCUT2D eigenvalue weighted by Crippen LogP contribution is -2.28. The largest absolute Gasteiger partial charge is 0.494 e. The van der Waals surface area contributed by atoms with Gasteiger partial charge in [0.25, 0.3) is 0 Å². The second kappa shape index (κ2) is 7.84. The van der Waals surface area contributed by atoms with Crippen molar-refractivity contribution in [1.29, 1.82) is 5.26 Å². The Morgan fingerprint density at radius 1 is 1.14 bits per heavy atom. The average Bonchev–Trinajstić information content (AvgIpc) is 2.55. The third-order valence-electron chi connectivity index (χ3n) is 3.20. The summed E-state index contributed by atoms with van der Waals surface area (Å²) in [4.78, 5) is 11.8. The highest BCUT2D eigenvalue weighted by atomic mass is 16.5. The fraction of sp³-hybridized carbons (Fsp3) is 0.222. The van der Waals surface area contributed by atoms with Gasteiger partial charge < -0.3 is 10.1 Å². The van der Waals surface area contributed by atoms with Crippen molar-refractivity contribution in [2.24, 2.45) is 0 Å². The molecule has 4 nitrogen and oxygen atoms in total. The van der Waals surface area contributed by atoms with Crippen LogP contribution in [0.25, 0.3) is 0 Å². The van der Waals surface area contributed by atoms with Crippen molar-refractivity contribution >= 4 is 5.91 Å². The minimum absolute atomic E-state index is 0.152. The van der Waals surface area contributed by atoms with Gasteiger partial charge in [0.05, 0.1) is 18.7 Å². The van der Waals surface area contributed by atoms with E-state index in [-0.39, 0.29) is 18.4 Å². The Morgan fingerprint density at radius 3 is 2.36 bits per heavy atom. The van der Waals surface area contributed by atoms with E-state index < -0.39 is 0 Å². The van der Waals surface area contributed by atoms with Gasteiger partial charge in [-0.2, -0.15) is 5.26 Å². The standard InChI is InChI=1S/C18H18N2O2/c1-2-22-16-10-8-15(9-11-16)18(20-17(21)12-13-19)14-6-4-3-5-7-14/h3-11,18H,2,12H2,1H3,(H,20,21)/t18-/m1/s1. The molecular weight excluding hydrogens is 276 g/mol. The minimum Gasteiger partial charge on any atom is -0.494 e. The molecule has 2 rings (SSSR count). The Labute approximate surface area is 130 Å². The summed E-state index contributed by atoms with van der Waals surface area (Å²) >= 11 is 0. The molecule has 0 aliphatic rings. The third kappa shape index (κ3) is 4.10. The summed E-state index contributed by atoms with van der Waals surface area (Å²) in [7, 11) is 0.